The number of aryl methyl sites for hydroxylation is 2. The van der Waals surface area contributed by atoms with Crippen molar-refractivity contribution in [1.82, 2.24) is 0 Å². The highest BCUT2D eigenvalue weighted by molar-refractivity contribution is 7.80. The zero-order valence-corrected chi connectivity index (χ0v) is 14.1. The fraction of sp³-hybridized carbons (Fsp3) is 0.188. The van der Waals surface area contributed by atoms with Crippen LogP contribution < -0.4 is 10.5 Å². The van der Waals surface area contributed by atoms with E-state index in [0.717, 1.165) is 28.0 Å². The molecule has 0 saturated carbocycles. The highest BCUT2D eigenvalue weighted by atomic mass is 35.5. The topological polar surface area (TPSA) is 35.2 Å². The molecule has 2 N–H and O–H groups in total. The van der Waals surface area contributed by atoms with Crippen molar-refractivity contribution in [2.24, 2.45) is 5.73 Å². The monoisotopic (exact) mass is 339 g/mol. The van der Waals surface area contributed by atoms with Gasteiger partial charge in [-0.15, -0.1) is 0 Å². The van der Waals surface area contributed by atoms with Crippen LogP contribution in [0.5, 0.6) is 5.75 Å². The minimum absolute atomic E-state index is 0.379. The Morgan fingerprint density at radius 1 is 1.14 bits per heavy atom. The Labute approximate surface area is 139 Å². The number of hydrogen-bond donors (Lipinski definition) is 1. The van der Waals surface area contributed by atoms with E-state index >= 15 is 0 Å². The van der Waals surface area contributed by atoms with Crippen molar-refractivity contribution < 1.29 is 4.74 Å². The predicted molar refractivity (Wildman–Crippen MR) is 92.6 cm³/mol. The predicted octanol–water partition coefficient (Wildman–Crippen LogP) is 4.82. The lowest BCUT2D eigenvalue weighted by molar-refractivity contribution is 0.302. The lowest BCUT2D eigenvalue weighted by atomic mass is 10.1. The van der Waals surface area contributed by atoms with Gasteiger partial charge in [0.25, 0.3) is 0 Å². The molecule has 21 heavy (non-hydrogen) atoms. The molecule has 0 unspecified atom stereocenters. The van der Waals surface area contributed by atoms with Gasteiger partial charge in [-0.1, -0.05) is 41.5 Å². The zero-order valence-electron chi connectivity index (χ0n) is 11.7. The van der Waals surface area contributed by atoms with Crippen LogP contribution in [0.3, 0.4) is 0 Å². The molecule has 0 saturated heterocycles. The summed E-state index contributed by atoms with van der Waals surface area (Å²) >= 11 is 17.0. The molecule has 2 nitrogen and oxygen atoms in total. The molecule has 2 rings (SSSR count). The number of nitrogens with two attached hydrogens (primary N) is 1. The van der Waals surface area contributed by atoms with E-state index in [1.165, 1.54) is 0 Å². The van der Waals surface area contributed by atoms with Crippen molar-refractivity contribution in [3.63, 3.8) is 0 Å². The van der Waals surface area contributed by atoms with Gasteiger partial charge < -0.3 is 10.5 Å². The molecule has 0 aliphatic heterocycles. The van der Waals surface area contributed by atoms with Gasteiger partial charge in [-0.25, -0.2) is 0 Å². The Morgan fingerprint density at radius 2 is 1.76 bits per heavy atom. The summed E-state index contributed by atoms with van der Waals surface area (Å²) in [6.45, 7) is 4.31. The normalized spacial score (nSPS) is 10.5. The average molecular weight is 340 g/mol. The summed E-state index contributed by atoms with van der Waals surface area (Å²) in [6, 6.07) is 9.21. The first-order valence-corrected chi connectivity index (χ1v) is 7.52. The number of hydrogen-bond acceptors (Lipinski definition) is 2. The zero-order chi connectivity index (χ0) is 15.6. The molecule has 2 aromatic carbocycles. The SMILES string of the molecule is Cc1cc(C(N)=S)cc(C)c1OCc1ccc(Cl)cc1Cl. The first-order chi connectivity index (χ1) is 9.88. The summed E-state index contributed by atoms with van der Waals surface area (Å²) in [7, 11) is 0. The van der Waals surface area contributed by atoms with Gasteiger partial charge in [-0.05, 0) is 49.2 Å². The number of benzene rings is 2. The molecular weight excluding hydrogens is 325 g/mol. The maximum atomic E-state index is 6.14. The molecule has 2 aromatic rings. The summed E-state index contributed by atoms with van der Waals surface area (Å²) in [5.41, 5.74) is 9.37. The maximum absolute atomic E-state index is 6.14. The summed E-state index contributed by atoms with van der Waals surface area (Å²) in [5, 5.41) is 1.20. The first-order valence-electron chi connectivity index (χ1n) is 6.36. The van der Waals surface area contributed by atoms with E-state index < -0.39 is 0 Å². The van der Waals surface area contributed by atoms with E-state index in [-0.39, 0.29) is 0 Å². The van der Waals surface area contributed by atoms with Crippen molar-refractivity contribution in [3.05, 3.63) is 62.6 Å². The van der Waals surface area contributed by atoms with E-state index in [2.05, 4.69) is 0 Å². The first kappa shape index (κ1) is 16.1. The minimum atomic E-state index is 0.379. The van der Waals surface area contributed by atoms with Crippen LogP contribution in [0.1, 0.15) is 22.3 Å². The fourth-order valence-corrected chi connectivity index (χ4v) is 2.69. The van der Waals surface area contributed by atoms with Crippen LogP contribution >= 0.6 is 35.4 Å². The lowest BCUT2D eigenvalue weighted by Gasteiger charge is -2.14. The van der Waals surface area contributed by atoms with Crippen molar-refractivity contribution in [3.8, 4) is 5.75 Å². The number of rotatable bonds is 4. The van der Waals surface area contributed by atoms with Gasteiger partial charge in [-0.2, -0.15) is 0 Å². The number of halogens is 2. The fourth-order valence-electron chi connectivity index (χ4n) is 2.11. The average Bonchev–Trinajstić information content (AvgIpc) is 2.39. The Bertz CT molecular complexity index is 678. The van der Waals surface area contributed by atoms with Crippen LogP contribution in [0, 0.1) is 13.8 Å². The van der Waals surface area contributed by atoms with Crippen molar-refractivity contribution in [2.75, 3.05) is 0 Å². The second-order valence-corrected chi connectivity index (χ2v) is 6.11. The van der Waals surface area contributed by atoms with Crippen molar-refractivity contribution in [1.29, 1.82) is 0 Å². The molecule has 0 radical (unpaired) electrons. The Kier molecular flexibility index (Phi) is 5.09. The third-order valence-corrected chi connectivity index (χ3v) is 3.95. The highest BCUT2D eigenvalue weighted by Crippen LogP contribution is 2.27. The Hall–Kier alpha value is -1.29. The highest BCUT2D eigenvalue weighted by Gasteiger charge is 2.09. The molecule has 0 amide bonds. The number of ether oxygens (including phenoxy) is 1. The molecular formula is C16H15Cl2NOS. The molecule has 0 aliphatic rings. The van der Waals surface area contributed by atoms with E-state index in [4.69, 9.17) is 45.9 Å². The van der Waals surface area contributed by atoms with Crippen LogP contribution in [0.25, 0.3) is 0 Å². The van der Waals surface area contributed by atoms with Gasteiger partial charge in [0.2, 0.25) is 0 Å². The molecule has 0 fully saturated rings. The molecule has 0 bridgehead atoms. The van der Waals surface area contributed by atoms with E-state index in [1.54, 1.807) is 12.1 Å². The number of thiocarbonyl (C=S) groups is 1. The standard InChI is InChI=1S/C16H15Cl2NOS/c1-9-5-12(16(19)21)6-10(2)15(9)20-8-11-3-4-13(17)7-14(11)18/h3-7H,8H2,1-2H3,(H2,19,21). The van der Waals surface area contributed by atoms with Gasteiger partial charge in [0.15, 0.2) is 0 Å². The minimum Gasteiger partial charge on any atom is -0.488 e. The summed E-state index contributed by atoms with van der Waals surface area (Å²) in [6.07, 6.45) is 0. The van der Waals surface area contributed by atoms with E-state index in [0.29, 0.717) is 21.6 Å². The molecule has 0 aromatic heterocycles. The van der Waals surface area contributed by atoms with Gasteiger partial charge in [0, 0.05) is 21.2 Å². The van der Waals surface area contributed by atoms with Crippen molar-refractivity contribution >= 4 is 40.4 Å². The third kappa shape index (κ3) is 3.88. The van der Waals surface area contributed by atoms with E-state index in [1.807, 2.05) is 32.0 Å². The summed E-state index contributed by atoms with van der Waals surface area (Å²) in [5.74, 6) is 0.820. The smallest absolute Gasteiger partial charge is 0.125 e. The van der Waals surface area contributed by atoms with Gasteiger partial charge in [0.1, 0.15) is 17.3 Å². The van der Waals surface area contributed by atoms with E-state index in [9.17, 15) is 0 Å². The maximum Gasteiger partial charge on any atom is 0.125 e. The van der Waals surface area contributed by atoms with Crippen LogP contribution in [0.15, 0.2) is 30.3 Å². The van der Waals surface area contributed by atoms with Crippen LogP contribution in [0.2, 0.25) is 10.0 Å². The van der Waals surface area contributed by atoms with Gasteiger partial charge in [0.05, 0.1) is 0 Å². The molecule has 5 heteroatoms. The van der Waals surface area contributed by atoms with Crippen molar-refractivity contribution in [2.45, 2.75) is 20.5 Å². The third-order valence-electron chi connectivity index (χ3n) is 3.13. The molecule has 0 atom stereocenters. The quantitative estimate of drug-likeness (QED) is 0.810. The molecule has 110 valence electrons. The largest absolute Gasteiger partial charge is 0.488 e. The van der Waals surface area contributed by atoms with Crippen LogP contribution in [-0.4, -0.2) is 4.99 Å². The Morgan fingerprint density at radius 3 is 2.29 bits per heavy atom. The molecule has 0 heterocycles. The Balaban J connectivity index is 2.22. The van der Waals surface area contributed by atoms with Gasteiger partial charge in [-0.3, -0.25) is 0 Å². The van der Waals surface area contributed by atoms with Crippen LogP contribution in [0.4, 0.5) is 0 Å². The second kappa shape index (κ2) is 6.65. The second-order valence-electron chi connectivity index (χ2n) is 4.83. The summed E-state index contributed by atoms with van der Waals surface area (Å²) in [4.78, 5) is 0.383. The molecule has 0 spiro atoms. The molecule has 0 aliphatic carbocycles. The van der Waals surface area contributed by atoms with Gasteiger partial charge >= 0.3 is 0 Å². The lowest BCUT2D eigenvalue weighted by Crippen LogP contribution is -2.10. The summed E-state index contributed by atoms with van der Waals surface area (Å²) < 4.78 is 5.90. The van der Waals surface area contributed by atoms with Crippen LogP contribution in [-0.2, 0) is 6.61 Å².